The number of carbonyl (C=O) groups is 1. The normalized spacial score (nSPS) is 55.7. The van der Waals surface area contributed by atoms with Crippen LogP contribution >= 0.6 is 0 Å². The number of aliphatic hydroxyl groups is 1. The summed E-state index contributed by atoms with van der Waals surface area (Å²) in [5.74, 6) is 1.92. The van der Waals surface area contributed by atoms with Crippen LogP contribution in [0.25, 0.3) is 0 Å². The predicted molar refractivity (Wildman–Crippen MR) is 87.3 cm³/mol. The molecule has 3 fully saturated rings. The van der Waals surface area contributed by atoms with E-state index in [4.69, 9.17) is 0 Å². The van der Waals surface area contributed by atoms with E-state index in [0.29, 0.717) is 23.5 Å². The number of ketones is 1. The summed E-state index contributed by atoms with van der Waals surface area (Å²) in [6, 6.07) is 0. The molecule has 122 valence electrons. The Balaban J connectivity index is 1.77. The Morgan fingerprint density at radius 1 is 1.14 bits per heavy atom. The maximum absolute atomic E-state index is 12.5. The SMILES string of the molecule is CC1(O)CC23C=CC1CC2C1(C)CCC(=O)C(C)(C)C1CC3. The number of hydrogen-bond donors (Lipinski definition) is 1. The van der Waals surface area contributed by atoms with Crippen LogP contribution in [-0.4, -0.2) is 16.5 Å². The molecular weight excluding hydrogens is 272 g/mol. The third-order valence-electron chi connectivity index (χ3n) is 8.30. The van der Waals surface area contributed by atoms with Crippen LogP contribution in [0.3, 0.4) is 0 Å². The lowest BCUT2D eigenvalue weighted by Crippen LogP contribution is -2.63. The molecule has 5 aliphatic rings. The van der Waals surface area contributed by atoms with Crippen LogP contribution in [0, 0.1) is 34.0 Å². The lowest BCUT2D eigenvalue weighted by molar-refractivity contribution is -0.188. The van der Waals surface area contributed by atoms with Crippen molar-refractivity contribution >= 4 is 5.78 Å². The first-order chi connectivity index (χ1) is 10.1. The lowest BCUT2D eigenvalue weighted by atomic mass is 9.37. The van der Waals surface area contributed by atoms with Gasteiger partial charge in [0.05, 0.1) is 5.60 Å². The van der Waals surface area contributed by atoms with Gasteiger partial charge in [0.2, 0.25) is 0 Å². The summed E-state index contributed by atoms with van der Waals surface area (Å²) in [6.07, 6.45) is 10.9. The Kier molecular flexibility index (Phi) is 2.76. The minimum absolute atomic E-state index is 0.169. The van der Waals surface area contributed by atoms with E-state index in [-0.39, 0.29) is 16.2 Å². The van der Waals surface area contributed by atoms with E-state index in [0.717, 1.165) is 38.5 Å². The number of carbonyl (C=O) groups excluding carboxylic acids is 1. The maximum atomic E-state index is 12.5. The summed E-state index contributed by atoms with van der Waals surface area (Å²) in [7, 11) is 0. The monoisotopic (exact) mass is 302 g/mol. The molecule has 0 aromatic heterocycles. The molecule has 3 saturated carbocycles. The highest BCUT2D eigenvalue weighted by molar-refractivity contribution is 5.85. The molecule has 1 N–H and O–H groups in total. The van der Waals surface area contributed by atoms with Gasteiger partial charge in [-0.2, -0.15) is 0 Å². The molecule has 2 bridgehead atoms. The van der Waals surface area contributed by atoms with Crippen LogP contribution in [0.2, 0.25) is 0 Å². The Hall–Kier alpha value is -0.630. The van der Waals surface area contributed by atoms with Crippen molar-refractivity contribution in [3.8, 4) is 0 Å². The third kappa shape index (κ3) is 1.63. The summed E-state index contributed by atoms with van der Waals surface area (Å²) in [5, 5.41) is 10.8. The molecule has 6 atom stereocenters. The first-order valence-electron chi connectivity index (χ1n) is 9.07. The third-order valence-corrected chi connectivity index (χ3v) is 8.30. The van der Waals surface area contributed by atoms with Crippen molar-refractivity contribution in [1.82, 2.24) is 0 Å². The molecule has 0 radical (unpaired) electrons. The van der Waals surface area contributed by atoms with Crippen LogP contribution in [0.4, 0.5) is 0 Å². The fourth-order valence-corrected chi connectivity index (χ4v) is 7.12. The van der Waals surface area contributed by atoms with Gasteiger partial charge in [-0.25, -0.2) is 0 Å². The van der Waals surface area contributed by atoms with Crippen LogP contribution in [0.15, 0.2) is 12.2 Å². The number of hydrogen-bond acceptors (Lipinski definition) is 2. The molecule has 0 amide bonds. The van der Waals surface area contributed by atoms with Gasteiger partial charge in [-0.15, -0.1) is 0 Å². The van der Waals surface area contributed by atoms with Gasteiger partial charge in [0.1, 0.15) is 5.78 Å². The fourth-order valence-electron chi connectivity index (χ4n) is 7.12. The minimum atomic E-state index is -0.533. The van der Waals surface area contributed by atoms with Crippen LogP contribution in [0.1, 0.15) is 66.2 Å². The summed E-state index contributed by atoms with van der Waals surface area (Å²) in [5.41, 5.74) is -0.263. The second-order valence-electron chi connectivity index (χ2n) is 9.76. The Morgan fingerprint density at radius 2 is 1.86 bits per heavy atom. The minimum Gasteiger partial charge on any atom is -0.390 e. The number of Topliss-reactive ketones (excluding diaryl/α,β-unsaturated/α-hetero) is 1. The van der Waals surface area contributed by atoms with Gasteiger partial charge in [0, 0.05) is 17.8 Å². The van der Waals surface area contributed by atoms with Crippen molar-refractivity contribution in [2.24, 2.45) is 34.0 Å². The van der Waals surface area contributed by atoms with Crippen LogP contribution in [-0.2, 0) is 4.79 Å². The average molecular weight is 302 g/mol. The lowest BCUT2D eigenvalue weighted by Gasteiger charge is -2.67. The van der Waals surface area contributed by atoms with Gasteiger partial charge in [0.15, 0.2) is 0 Å². The topological polar surface area (TPSA) is 37.3 Å². The summed E-state index contributed by atoms with van der Waals surface area (Å²) in [4.78, 5) is 12.5. The standard InChI is InChI=1S/C20H30O2/c1-17(2)14-6-10-20-9-5-13(19(4,22)12-20)11-15(20)18(14,3)8-7-16(17)21/h5,9,13-15,22H,6-8,10-12H2,1-4H3. The molecule has 6 unspecified atom stereocenters. The van der Waals surface area contributed by atoms with E-state index in [1.54, 1.807) is 0 Å². The zero-order valence-corrected chi connectivity index (χ0v) is 14.5. The molecule has 5 rings (SSSR count). The zero-order chi connectivity index (χ0) is 16.0. The van der Waals surface area contributed by atoms with Crippen molar-refractivity contribution in [1.29, 1.82) is 0 Å². The second kappa shape index (κ2) is 4.06. The highest BCUT2D eigenvalue weighted by Crippen LogP contribution is 2.70. The molecule has 0 heterocycles. The van der Waals surface area contributed by atoms with E-state index in [9.17, 15) is 9.90 Å². The van der Waals surface area contributed by atoms with Gasteiger partial charge < -0.3 is 5.11 Å². The summed E-state index contributed by atoms with van der Waals surface area (Å²) >= 11 is 0. The average Bonchev–Trinajstić information content (AvgIpc) is 2.42. The van der Waals surface area contributed by atoms with Gasteiger partial charge in [-0.3, -0.25) is 4.79 Å². The van der Waals surface area contributed by atoms with E-state index in [1.165, 1.54) is 0 Å². The predicted octanol–water partition coefficient (Wildman–Crippen LogP) is 4.13. The second-order valence-corrected chi connectivity index (χ2v) is 9.76. The summed E-state index contributed by atoms with van der Waals surface area (Å²) in [6.45, 7) is 8.85. The summed E-state index contributed by atoms with van der Waals surface area (Å²) < 4.78 is 0. The number of fused-ring (bicyclic) bond motifs is 2. The van der Waals surface area contributed by atoms with E-state index >= 15 is 0 Å². The van der Waals surface area contributed by atoms with Gasteiger partial charge >= 0.3 is 0 Å². The Bertz CT molecular complexity index is 558. The van der Waals surface area contributed by atoms with E-state index in [2.05, 4.69) is 32.9 Å². The largest absolute Gasteiger partial charge is 0.390 e. The Morgan fingerprint density at radius 3 is 2.55 bits per heavy atom. The molecular formula is C20H30O2. The molecule has 0 aliphatic heterocycles. The first kappa shape index (κ1) is 14.9. The van der Waals surface area contributed by atoms with E-state index < -0.39 is 5.60 Å². The molecule has 22 heavy (non-hydrogen) atoms. The maximum Gasteiger partial charge on any atom is 0.138 e. The number of rotatable bonds is 0. The van der Waals surface area contributed by atoms with Gasteiger partial charge in [0.25, 0.3) is 0 Å². The molecule has 1 spiro atoms. The van der Waals surface area contributed by atoms with Crippen LogP contribution in [0.5, 0.6) is 0 Å². The zero-order valence-electron chi connectivity index (χ0n) is 14.5. The fraction of sp³-hybridized carbons (Fsp3) is 0.850. The highest BCUT2D eigenvalue weighted by atomic mass is 16.3. The van der Waals surface area contributed by atoms with Crippen molar-refractivity contribution < 1.29 is 9.90 Å². The highest BCUT2D eigenvalue weighted by Gasteiger charge is 2.65. The van der Waals surface area contributed by atoms with Crippen molar-refractivity contribution in [3.05, 3.63) is 12.2 Å². The van der Waals surface area contributed by atoms with Crippen molar-refractivity contribution in [3.63, 3.8) is 0 Å². The molecule has 2 nitrogen and oxygen atoms in total. The van der Waals surface area contributed by atoms with Crippen molar-refractivity contribution in [2.75, 3.05) is 0 Å². The molecule has 5 aliphatic carbocycles. The van der Waals surface area contributed by atoms with Crippen molar-refractivity contribution in [2.45, 2.75) is 71.8 Å². The van der Waals surface area contributed by atoms with Gasteiger partial charge in [-0.05, 0) is 61.7 Å². The smallest absolute Gasteiger partial charge is 0.138 e. The first-order valence-corrected chi connectivity index (χ1v) is 9.07. The molecule has 0 aromatic rings. The molecule has 0 saturated heterocycles. The van der Waals surface area contributed by atoms with Crippen LogP contribution < -0.4 is 0 Å². The molecule has 0 aromatic carbocycles. The quantitative estimate of drug-likeness (QED) is 0.683. The van der Waals surface area contributed by atoms with E-state index in [1.807, 2.05) is 6.92 Å². The number of allylic oxidation sites excluding steroid dienone is 1. The Labute approximate surface area is 134 Å². The molecule has 2 heteroatoms. The van der Waals surface area contributed by atoms with Gasteiger partial charge in [-0.1, -0.05) is 32.9 Å².